The van der Waals surface area contributed by atoms with Gasteiger partial charge >= 0.3 is 21.1 Å². The van der Waals surface area contributed by atoms with Crippen LogP contribution in [0.2, 0.25) is 0 Å². The second kappa shape index (κ2) is 11.1. The second-order valence-electron chi connectivity index (χ2n) is 11.6. The first kappa shape index (κ1) is 28.4. The van der Waals surface area contributed by atoms with Gasteiger partial charge in [0, 0.05) is 53.6 Å². The van der Waals surface area contributed by atoms with Gasteiger partial charge in [0.25, 0.3) is 0 Å². The number of rotatable bonds is 4. The van der Waals surface area contributed by atoms with E-state index in [4.69, 9.17) is 9.72 Å². The fraction of sp³-hybridized carbons (Fsp3) is 0. The van der Waals surface area contributed by atoms with E-state index in [0.29, 0.717) is 11.5 Å². The number of pyridine rings is 3. The van der Waals surface area contributed by atoms with Crippen molar-refractivity contribution >= 4 is 54.8 Å². The molecule has 0 aliphatic carbocycles. The molecule has 5 aromatic carbocycles. The Labute approximate surface area is 289 Å². The van der Waals surface area contributed by atoms with Crippen LogP contribution < -0.4 is 4.74 Å². The third-order valence-electron chi connectivity index (χ3n) is 8.95. The van der Waals surface area contributed by atoms with Gasteiger partial charge in [0.1, 0.15) is 5.65 Å². The van der Waals surface area contributed by atoms with Crippen LogP contribution in [0.1, 0.15) is 0 Å². The molecule has 10 rings (SSSR count). The summed E-state index contributed by atoms with van der Waals surface area (Å²) in [5.74, 6) is 1.17. The van der Waals surface area contributed by atoms with E-state index in [1.165, 1.54) is 16.7 Å². The number of hydrogen-bond acceptors (Lipinski definition) is 4. The summed E-state index contributed by atoms with van der Waals surface area (Å²) < 4.78 is 10.6. The molecule has 0 saturated carbocycles. The van der Waals surface area contributed by atoms with E-state index in [1.807, 2.05) is 41.2 Å². The molecule has 0 spiro atoms. The Hall–Kier alpha value is -5.84. The van der Waals surface area contributed by atoms with Crippen LogP contribution in [0.25, 0.3) is 77.0 Å². The summed E-state index contributed by atoms with van der Waals surface area (Å²) in [4.78, 5) is 14.0. The first-order valence-corrected chi connectivity index (χ1v) is 15.4. The minimum atomic E-state index is 0. The summed E-state index contributed by atoms with van der Waals surface area (Å²) in [6.07, 6.45) is 9.40. The van der Waals surface area contributed by atoms with E-state index in [9.17, 15) is 0 Å². The fourth-order valence-corrected chi connectivity index (χ4v) is 6.93. The number of hydrogen-bond donors (Lipinski definition) is 0. The van der Waals surface area contributed by atoms with Crippen molar-refractivity contribution in [3.05, 3.63) is 152 Å². The van der Waals surface area contributed by atoms with Crippen molar-refractivity contribution in [3.8, 4) is 33.8 Å². The molecule has 0 fully saturated rings. The van der Waals surface area contributed by atoms with Crippen LogP contribution in [0.4, 0.5) is 0 Å². The SMILES string of the molecule is [Pt+2].[c-]1c(Oc2[c-]c3c(cc2)c2ccc(-c4ccccc4)c(-c4ccccc4)c2n2ccnc32)ccc2c1c1nccn1c1ncccc21. The van der Waals surface area contributed by atoms with E-state index >= 15 is 0 Å². The maximum Gasteiger partial charge on any atom is 2.00 e. The monoisotopic (exact) mass is 796 g/mol. The molecule has 0 atom stereocenters. The van der Waals surface area contributed by atoms with Gasteiger partial charge in [-0.3, -0.25) is 9.97 Å². The molecule has 48 heavy (non-hydrogen) atoms. The molecule has 0 unspecified atom stereocenters. The largest absolute Gasteiger partial charge is 2.00 e. The minimum absolute atomic E-state index is 0. The van der Waals surface area contributed by atoms with E-state index in [-0.39, 0.29) is 21.1 Å². The van der Waals surface area contributed by atoms with Gasteiger partial charge in [-0.2, -0.15) is 0 Å². The molecule has 0 saturated heterocycles. The first-order chi connectivity index (χ1) is 23.3. The molecule has 0 aliphatic heterocycles. The zero-order chi connectivity index (χ0) is 30.9. The van der Waals surface area contributed by atoms with Crippen molar-refractivity contribution in [2.24, 2.45) is 0 Å². The van der Waals surface area contributed by atoms with Gasteiger partial charge in [-0.25, -0.2) is 4.98 Å². The van der Waals surface area contributed by atoms with Crippen molar-refractivity contribution in [2.45, 2.75) is 0 Å². The van der Waals surface area contributed by atoms with Gasteiger partial charge in [-0.1, -0.05) is 125 Å². The zero-order valence-electron chi connectivity index (χ0n) is 25.2. The average molecular weight is 797 g/mol. The molecular formula is C41H23N5OPt. The van der Waals surface area contributed by atoms with Crippen LogP contribution in [0.5, 0.6) is 11.5 Å². The van der Waals surface area contributed by atoms with E-state index < -0.39 is 0 Å². The number of fused-ring (bicyclic) bond motifs is 12. The first-order valence-electron chi connectivity index (χ1n) is 15.4. The van der Waals surface area contributed by atoms with Crippen molar-refractivity contribution < 1.29 is 25.8 Å². The minimum Gasteiger partial charge on any atom is -0.497 e. The van der Waals surface area contributed by atoms with Crippen molar-refractivity contribution in [1.82, 2.24) is 23.8 Å². The molecule has 0 aliphatic rings. The molecule has 5 aromatic heterocycles. The van der Waals surface area contributed by atoms with Crippen LogP contribution in [0.15, 0.2) is 140 Å². The molecule has 0 amide bonds. The number of ether oxygens (including phenoxy) is 1. The van der Waals surface area contributed by atoms with Gasteiger partial charge in [0.15, 0.2) is 0 Å². The van der Waals surface area contributed by atoms with Crippen molar-refractivity contribution in [1.29, 1.82) is 0 Å². The van der Waals surface area contributed by atoms with Gasteiger partial charge < -0.3 is 13.5 Å². The normalized spacial score (nSPS) is 11.6. The van der Waals surface area contributed by atoms with E-state index in [2.05, 4.69) is 117 Å². The maximum absolute atomic E-state index is 6.44. The Morgan fingerprint density at radius 3 is 1.77 bits per heavy atom. The fourth-order valence-electron chi connectivity index (χ4n) is 6.93. The molecule has 6 nitrogen and oxygen atoms in total. The van der Waals surface area contributed by atoms with Gasteiger partial charge in [-0.15, -0.1) is 12.1 Å². The molecule has 5 heterocycles. The molecule has 10 aromatic rings. The molecular weight excluding hydrogens is 774 g/mol. The summed E-state index contributed by atoms with van der Waals surface area (Å²) in [7, 11) is 0. The van der Waals surface area contributed by atoms with Crippen LogP contribution >= 0.6 is 0 Å². The summed E-state index contributed by atoms with van der Waals surface area (Å²) in [5.41, 5.74) is 8.22. The Bertz CT molecular complexity index is 2830. The molecule has 0 bridgehead atoms. The van der Waals surface area contributed by atoms with Crippen LogP contribution in [-0.4, -0.2) is 23.8 Å². The van der Waals surface area contributed by atoms with Crippen molar-refractivity contribution in [3.63, 3.8) is 0 Å². The van der Waals surface area contributed by atoms with Gasteiger partial charge in [-0.05, 0) is 33.5 Å². The Balaban J connectivity index is 0.00000314. The Kier molecular flexibility index (Phi) is 6.59. The average Bonchev–Trinajstić information content (AvgIpc) is 3.84. The molecule has 228 valence electrons. The third-order valence-corrected chi connectivity index (χ3v) is 8.95. The Morgan fingerprint density at radius 1 is 0.479 bits per heavy atom. The number of benzene rings is 5. The summed E-state index contributed by atoms with van der Waals surface area (Å²) in [6, 6.07) is 44.7. The molecule has 7 heteroatoms. The summed E-state index contributed by atoms with van der Waals surface area (Å²) in [6.45, 7) is 0. The van der Waals surface area contributed by atoms with Crippen LogP contribution in [-0.2, 0) is 21.1 Å². The number of aromatic nitrogens is 5. The summed E-state index contributed by atoms with van der Waals surface area (Å²) >= 11 is 0. The maximum atomic E-state index is 6.44. The van der Waals surface area contributed by atoms with Crippen molar-refractivity contribution in [2.75, 3.05) is 0 Å². The smallest absolute Gasteiger partial charge is 0.497 e. The molecule has 0 radical (unpaired) electrons. The van der Waals surface area contributed by atoms with Crippen LogP contribution in [0.3, 0.4) is 0 Å². The Morgan fingerprint density at radius 2 is 1.06 bits per heavy atom. The summed E-state index contributed by atoms with van der Waals surface area (Å²) in [5, 5.41) is 6.00. The number of imidazole rings is 2. The van der Waals surface area contributed by atoms with Gasteiger partial charge in [0.2, 0.25) is 0 Å². The third kappa shape index (κ3) is 4.26. The predicted octanol–water partition coefficient (Wildman–Crippen LogP) is 9.71. The topological polar surface area (TPSA) is 56.7 Å². The second-order valence-corrected chi connectivity index (χ2v) is 11.6. The van der Waals surface area contributed by atoms with Gasteiger partial charge in [0.05, 0.1) is 11.3 Å². The predicted molar refractivity (Wildman–Crippen MR) is 187 cm³/mol. The van der Waals surface area contributed by atoms with E-state index in [1.54, 1.807) is 12.4 Å². The molecule has 0 N–H and O–H groups in total. The van der Waals surface area contributed by atoms with Crippen LogP contribution in [0, 0.1) is 12.1 Å². The zero-order valence-corrected chi connectivity index (χ0v) is 27.5. The van der Waals surface area contributed by atoms with E-state index in [0.717, 1.165) is 60.3 Å². The standard InChI is InChI=1S/C41H23N5O.Pt/c1-3-8-26(9-4-1)30-17-18-33-31-15-13-28(24-35(31)40-43-20-22-45(40)38(33)37(30)27-10-5-2-6-11-27)47-29-14-16-32-34-12-7-19-42-39(34)46-23-21-44-41(46)36(32)25-29;/h1-23H;/q-2;+2. The quantitative estimate of drug-likeness (QED) is 0.132. The number of nitrogens with zero attached hydrogens (tertiary/aromatic N) is 5.